The topological polar surface area (TPSA) is 38.8 Å². The molecule has 0 radical (unpaired) electrons. The number of carbonyl (C=O) groups is 1. The Morgan fingerprint density at radius 1 is 1.26 bits per heavy atom. The van der Waals surface area contributed by atoms with Crippen LogP contribution in [-0.2, 0) is 9.53 Å². The fourth-order valence-electron chi connectivity index (χ4n) is 2.12. The molecule has 2 rings (SSSR count). The van der Waals surface area contributed by atoms with E-state index >= 15 is 0 Å². The van der Waals surface area contributed by atoms with Crippen molar-refractivity contribution in [1.29, 1.82) is 0 Å². The van der Waals surface area contributed by atoms with Crippen molar-refractivity contribution in [3.8, 4) is 5.75 Å². The number of hydrogen-bond acceptors (Lipinski definition) is 4. The van der Waals surface area contributed by atoms with E-state index in [2.05, 4.69) is 0 Å². The van der Waals surface area contributed by atoms with Gasteiger partial charge < -0.3 is 14.4 Å². The third-order valence-corrected chi connectivity index (χ3v) is 4.58. The second kappa shape index (κ2) is 6.30. The maximum absolute atomic E-state index is 12.1. The van der Waals surface area contributed by atoms with Crippen molar-refractivity contribution in [3.63, 3.8) is 0 Å². The van der Waals surface area contributed by atoms with Crippen LogP contribution in [0, 0.1) is 0 Å². The lowest BCUT2D eigenvalue weighted by Gasteiger charge is -2.23. The Balaban J connectivity index is 2.17. The van der Waals surface area contributed by atoms with Gasteiger partial charge in [0.1, 0.15) is 11.1 Å². The minimum Gasteiger partial charge on any atom is -0.497 e. The summed E-state index contributed by atoms with van der Waals surface area (Å²) in [6, 6.07) is 7.89. The van der Waals surface area contributed by atoms with Gasteiger partial charge >= 0.3 is 0 Å². The Hall–Kier alpha value is -1.20. The van der Waals surface area contributed by atoms with Gasteiger partial charge in [-0.05, 0) is 24.6 Å². The quantitative estimate of drug-likeness (QED) is 0.830. The monoisotopic (exact) mass is 281 g/mol. The summed E-state index contributed by atoms with van der Waals surface area (Å²) in [5.41, 5.74) is 1.12. The smallest absolute Gasteiger partial charge is 0.236 e. The van der Waals surface area contributed by atoms with Gasteiger partial charge in [0.15, 0.2) is 0 Å². The largest absolute Gasteiger partial charge is 0.497 e. The molecule has 0 aromatic heterocycles. The van der Waals surface area contributed by atoms with E-state index in [1.165, 1.54) is 0 Å². The highest BCUT2D eigenvalue weighted by Crippen LogP contribution is 2.42. The second-order valence-corrected chi connectivity index (χ2v) is 5.85. The summed E-state index contributed by atoms with van der Waals surface area (Å²) in [6.07, 6.45) is 0. The highest BCUT2D eigenvalue weighted by Gasteiger charge is 2.37. The van der Waals surface area contributed by atoms with Gasteiger partial charge in [0, 0.05) is 13.7 Å². The van der Waals surface area contributed by atoms with Crippen LogP contribution in [-0.4, -0.2) is 43.4 Å². The molecule has 1 heterocycles. The highest BCUT2D eigenvalue weighted by molar-refractivity contribution is 8.01. The van der Waals surface area contributed by atoms with E-state index in [0.717, 1.165) is 11.3 Å². The fraction of sp³-hybridized carbons (Fsp3) is 0.500. The van der Waals surface area contributed by atoms with Crippen LogP contribution in [0.1, 0.15) is 17.9 Å². The molecule has 2 atom stereocenters. The Bertz CT molecular complexity index is 435. The minimum atomic E-state index is 0.00366. The van der Waals surface area contributed by atoms with Gasteiger partial charge in [-0.1, -0.05) is 12.1 Å². The summed E-state index contributed by atoms with van der Waals surface area (Å²) in [4.78, 5) is 14.0. The van der Waals surface area contributed by atoms with E-state index in [1.54, 1.807) is 26.0 Å². The first-order valence-corrected chi connectivity index (χ1v) is 7.20. The van der Waals surface area contributed by atoms with E-state index in [1.807, 2.05) is 36.1 Å². The minimum absolute atomic E-state index is 0.00366. The van der Waals surface area contributed by atoms with Crippen LogP contribution >= 0.6 is 11.8 Å². The third kappa shape index (κ3) is 3.04. The first-order valence-electron chi connectivity index (χ1n) is 6.26. The predicted octanol–water partition coefficient (Wildman–Crippen LogP) is 2.30. The molecule has 1 aliphatic heterocycles. The zero-order chi connectivity index (χ0) is 13.8. The zero-order valence-electron chi connectivity index (χ0n) is 11.5. The van der Waals surface area contributed by atoms with Crippen LogP contribution in [0.4, 0.5) is 0 Å². The molecule has 0 bridgehead atoms. The molecule has 4 nitrogen and oxygen atoms in total. The first-order chi connectivity index (χ1) is 9.17. The molecular weight excluding hydrogens is 262 g/mol. The Morgan fingerprint density at radius 2 is 1.95 bits per heavy atom. The van der Waals surface area contributed by atoms with Crippen LogP contribution in [0.2, 0.25) is 0 Å². The number of thioether (sulfide) groups is 1. The number of nitrogens with zero attached hydrogens (tertiary/aromatic N) is 1. The molecule has 5 heteroatoms. The second-order valence-electron chi connectivity index (χ2n) is 4.43. The van der Waals surface area contributed by atoms with E-state index in [-0.39, 0.29) is 16.5 Å². The first kappa shape index (κ1) is 14.2. The van der Waals surface area contributed by atoms with Crippen molar-refractivity contribution in [2.75, 3.05) is 27.4 Å². The van der Waals surface area contributed by atoms with Crippen molar-refractivity contribution in [2.45, 2.75) is 17.5 Å². The number of carbonyl (C=O) groups excluding carboxylic acids is 1. The zero-order valence-corrected chi connectivity index (χ0v) is 12.3. The van der Waals surface area contributed by atoms with Crippen LogP contribution in [0.25, 0.3) is 0 Å². The molecule has 1 aromatic carbocycles. The Morgan fingerprint density at radius 3 is 2.53 bits per heavy atom. The lowest BCUT2D eigenvalue weighted by molar-refractivity contribution is -0.130. The van der Waals surface area contributed by atoms with Gasteiger partial charge in [0.05, 0.1) is 19.0 Å². The van der Waals surface area contributed by atoms with Crippen LogP contribution < -0.4 is 4.74 Å². The average molecular weight is 281 g/mol. The molecular formula is C14H19NO3S. The maximum atomic E-state index is 12.1. The molecule has 104 valence electrons. The van der Waals surface area contributed by atoms with Crippen LogP contribution in [0.3, 0.4) is 0 Å². The molecule has 0 spiro atoms. The van der Waals surface area contributed by atoms with E-state index in [9.17, 15) is 4.79 Å². The van der Waals surface area contributed by atoms with Gasteiger partial charge in [0.2, 0.25) is 5.91 Å². The van der Waals surface area contributed by atoms with Crippen LogP contribution in [0.5, 0.6) is 5.75 Å². The molecule has 1 aliphatic rings. The van der Waals surface area contributed by atoms with Crippen molar-refractivity contribution in [3.05, 3.63) is 29.8 Å². The molecule has 0 saturated carbocycles. The van der Waals surface area contributed by atoms with Gasteiger partial charge in [0.25, 0.3) is 0 Å². The Kier molecular flexibility index (Phi) is 4.71. The molecule has 19 heavy (non-hydrogen) atoms. The number of hydrogen-bond donors (Lipinski definition) is 0. The highest BCUT2D eigenvalue weighted by atomic mass is 32.2. The SMILES string of the molecule is COCCN1C(=O)C(C)SC1c1ccc(OC)cc1. The third-order valence-electron chi connectivity index (χ3n) is 3.18. The predicted molar refractivity (Wildman–Crippen MR) is 76.4 cm³/mol. The summed E-state index contributed by atoms with van der Waals surface area (Å²) < 4.78 is 10.2. The molecule has 0 aliphatic carbocycles. The van der Waals surface area contributed by atoms with Crippen molar-refractivity contribution >= 4 is 17.7 Å². The van der Waals surface area contributed by atoms with Crippen molar-refractivity contribution < 1.29 is 14.3 Å². The molecule has 1 aromatic rings. The number of ether oxygens (including phenoxy) is 2. The molecule has 1 fully saturated rings. The van der Waals surface area contributed by atoms with Gasteiger partial charge in [-0.15, -0.1) is 11.8 Å². The molecule has 0 N–H and O–H groups in total. The number of rotatable bonds is 5. The molecule has 1 saturated heterocycles. The lowest BCUT2D eigenvalue weighted by atomic mass is 10.2. The number of amides is 1. The lowest BCUT2D eigenvalue weighted by Crippen LogP contribution is -2.33. The van der Waals surface area contributed by atoms with Crippen molar-refractivity contribution in [2.24, 2.45) is 0 Å². The van der Waals surface area contributed by atoms with Gasteiger partial charge in [-0.2, -0.15) is 0 Å². The van der Waals surface area contributed by atoms with Gasteiger partial charge in [-0.3, -0.25) is 4.79 Å². The van der Waals surface area contributed by atoms with Crippen LogP contribution in [0.15, 0.2) is 24.3 Å². The molecule has 2 unspecified atom stereocenters. The normalized spacial score (nSPS) is 22.9. The average Bonchev–Trinajstić information content (AvgIpc) is 2.73. The van der Waals surface area contributed by atoms with Gasteiger partial charge in [-0.25, -0.2) is 0 Å². The summed E-state index contributed by atoms with van der Waals surface area (Å²) in [5.74, 6) is 1.01. The maximum Gasteiger partial charge on any atom is 0.236 e. The Labute approximate surface area is 118 Å². The van der Waals surface area contributed by atoms with E-state index in [0.29, 0.717) is 13.2 Å². The summed E-state index contributed by atoms with van der Waals surface area (Å²) in [6.45, 7) is 3.14. The van der Waals surface area contributed by atoms with E-state index in [4.69, 9.17) is 9.47 Å². The number of methoxy groups -OCH3 is 2. The molecule has 1 amide bonds. The standard InChI is InChI=1S/C14H19NO3S/c1-10-13(16)15(8-9-17-2)14(19-10)11-4-6-12(18-3)7-5-11/h4-7,10,14H,8-9H2,1-3H3. The number of benzene rings is 1. The summed E-state index contributed by atoms with van der Waals surface area (Å²) in [7, 11) is 3.30. The van der Waals surface area contributed by atoms with E-state index < -0.39 is 0 Å². The summed E-state index contributed by atoms with van der Waals surface area (Å²) in [5, 5.41) is 0.0764. The fourth-order valence-corrected chi connectivity index (χ4v) is 3.43. The summed E-state index contributed by atoms with van der Waals surface area (Å²) >= 11 is 1.68. The van der Waals surface area contributed by atoms with Crippen molar-refractivity contribution in [1.82, 2.24) is 4.90 Å².